The highest BCUT2D eigenvalue weighted by Gasteiger charge is 2.41. The van der Waals surface area contributed by atoms with Crippen molar-refractivity contribution in [2.24, 2.45) is 41.2 Å². The Labute approximate surface area is 250 Å². The van der Waals surface area contributed by atoms with Crippen LogP contribution in [0.2, 0.25) is 0 Å². The van der Waals surface area contributed by atoms with E-state index in [1.165, 1.54) is 4.90 Å². The van der Waals surface area contributed by atoms with Gasteiger partial charge in [-0.05, 0) is 62.2 Å². The lowest BCUT2D eigenvalue weighted by atomic mass is 9.81. The van der Waals surface area contributed by atoms with Crippen LogP contribution in [-0.2, 0) is 24.0 Å². The molecule has 3 atom stereocenters. The Morgan fingerprint density at radius 3 is 2.07 bits per heavy atom. The topological polar surface area (TPSA) is 180 Å². The molecule has 1 saturated heterocycles. The van der Waals surface area contributed by atoms with Crippen molar-refractivity contribution in [2.45, 2.75) is 98.6 Å². The Hall–Kier alpha value is -3.18. The Morgan fingerprint density at radius 1 is 0.905 bits per heavy atom. The number of nitrogens with two attached hydrogens (primary N) is 1. The highest BCUT2D eigenvalue weighted by atomic mass is 16.2. The fourth-order valence-electron chi connectivity index (χ4n) is 5.57. The smallest absolute Gasteiger partial charge is 0.312 e. The van der Waals surface area contributed by atoms with Gasteiger partial charge in [-0.3, -0.25) is 28.9 Å². The lowest BCUT2D eigenvalue weighted by molar-refractivity contribution is -0.141. The monoisotopic (exact) mass is 592 g/mol. The molecule has 1 unspecified atom stereocenters. The normalized spacial score (nSPS) is 22.3. The van der Waals surface area contributed by atoms with E-state index in [4.69, 9.17) is 5.73 Å². The number of carbonyl (C=O) groups excluding carboxylic acids is 6. The largest absolute Gasteiger partial charge is 0.354 e. The first-order valence-electron chi connectivity index (χ1n) is 15.5. The second-order valence-electron chi connectivity index (χ2n) is 13.0. The summed E-state index contributed by atoms with van der Waals surface area (Å²) in [5.41, 5.74) is 5.11. The van der Waals surface area contributed by atoms with E-state index in [0.29, 0.717) is 38.8 Å². The van der Waals surface area contributed by atoms with Gasteiger partial charge in [-0.15, -0.1) is 0 Å². The number of carbonyl (C=O) groups is 6. The molecule has 0 radical (unpaired) electrons. The number of nitrogens with one attached hydrogen (secondary N) is 4. The fraction of sp³-hybridized carbons (Fsp3) is 0.800. The predicted molar refractivity (Wildman–Crippen MR) is 158 cm³/mol. The van der Waals surface area contributed by atoms with E-state index in [0.717, 1.165) is 12.8 Å². The third-order valence-electron chi connectivity index (χ3n) is 8.28. The van der Waals surface area contributed by atoms with E-state index in [1.807, 2.05) is 41.5 Å². The van der Waals surface area contributed by atoms with Crippen molar-refractivity contribution in [1.29, 1.82) is 0 Å². The zero-order valence-corrected chi connectivity index (χ0v) is 26.2. The molecule has 2 rings (SSSR count). The molecule has 0 aromatic rings. The van der Waals surface area contributed by atoms with Gasteiger partial charge in [0.25, 0.3) is 0 Å². The van der Waals surface area contributed by atoms with Gasteiger partial charge < -0.3 is 27.0 Å². The Balaban J connectivity index is 1.94. The van der Waals surface area contributed by atoms with Crippen molar-refractivity contribution in [3.8, 4) is 0 Å². The SMILES string of the molecule is CC(C)CNC(=O)[C@H](CCCNC(N)=O)NC(=O)[C@@H](NC(=O)C1CCC(CN2C(=O)CC(C(C)C)C2=O)CC1)C(C)C. The fourth-order valence-corrected chi connectivity index (χ4v) is 5.57. The van der Waals surface area contributed by atoms with Crippen LogP contribution >= 0.6 is 0 Å². The summed E-state index contributed by atoms with van der Waals surface area (Å²) in [5.74, 6) is -1.38. The molecule has 7 amide bonds. The number of hydrogen-bond acceptors (Lipinski definition) is 6. The zero-order valence-electron chi connectivity index (χ0n) is 26.2. The summed E-state index contributed by atoms with van der Waals surface area (Å²) in [4.78, 5) is 76.9. The molecular weight excluding hydrogens is 540 g/mol. The second-order valence-corrected chi connectivity index (χ2v) is 13.0. The molecule has 238 valence electrons. The van der Waals surface area contributed by atoms with Gasteiger partial charge in [0, 0.05) is 37.9 Å². The first kappa shape index (κ1) is 35.0. The highest BCUT2D eigenvalue weighted by Crippen LogP contribution is 2.33. The van der Waals surface area contributed by atoms with Gasteiger partial charge in [0.1, 0.15) is 12.1 Å². The van der Waals surface area contributed by atoms with E-state index < -0.39 is 24.0 Å². The predicted octanol–water partition coefficient (Wildman–Crippen LogP) is 1.67. The first-order valence-corrected chi connectivity index (χ1v) is 15.5. The quantitative estimate of drug-likeness (QED) is 0.142. The summed E-state index contributed by atoms with van der Waals surface area (Å²) in [6.45, 7) is 12.6. The number of amides is 7. The summed E-state index contributed by atoms with van der Waals surface area (Å²) in [6.07, 6.45) is 3.66. The minimum absolute atomic E-state index is 0.0824. The number of nitrogens with zero attached hydrogens (tertiary/aromatic N) is 1. The molecule has 2 fully saturated rings. The Morgan fingerprint density at radius 2 is 1.55 bits per heavy atom. The van der Waals surface area contributed by atoms with Crippen LogP contribution in [0.25, 0.3) is 0 Å². The van der Waals surface area contributed by atoms with E-state index >= 15 is 0 Å². The number of imide groups is 1. The van der Waals surface area contributed by atoms with E-state index in [1.54, 1.807) is 0 Å². The number of rotatable bonds is 15. The van der Waals surface area contributed by atoms with Gasteiger partial charge in [0.2, 0.25) is 29.5 Å². The minimum atomic E-state index is -0.828. The summed E-state index contributed by atoms with van der Waals surface area (Å²) in [5, 5.41) is 11.0. The molecule has 42 heavy (non-hydrogen) atoms. The van der Waals surface area contributed by atoms with Gasteiger partial charge in [-0.1, -0.05) is 41.5 Å². The van der Waals surface area contributed by atoms with Crippen LogP contribution in [0.15, 0.2) is 0 Å². The Bertz CT molecular complexity index is 975. The third kappa shape index (κ3) is 10.6. The lowest BCUT2D eigenvalue weighted by Crippen LogP contribution is -2.56. The van der Waals surface area contributed by atoms with Crippen molar-refractivity contribution >= 4 is 35.6 Å². The lowest BCUT2D eigenvalue weighted by Gasteiger charge is -2.32. The molecule has 0 spiro atoms. The number of likely N-dealkylation sites (tertiary alicyclic amines) is 1. The zero-order chi connectivity index (χ0) is 31.6. The van der Waals surface area contributed by atoms with Crippen molar-refractivity contribution in [3.05, 3.63) is 0 Å². The summed E-state index contributed by atoms with van der Waals surface area (Å²) in [7, 11) is 0. The molecule has 1 aliphatic carbocycles. The van der Waals surface area contributed by atoms with Gasteiger partial charge >= 0.3 is 6.03 Å². The second kappa shape index (κ2) is 16.5. The molecule has 6 N–H and O–H groups in total. The number of hydrogen-bond donors (Lipinski definition) is 5. The average molecular weight is 593 g/mol. The maximum Gasteiger partial charge on any atom is 0.312 e. The van der Waals surface area contributed by atoms with Crippen LogP contribution in [0.3, 0.4) is 0 Å². The molecule has 2 aliphatic rings. The molecule has 1 saturated carbocycles. The molecule has 0 aromatic heterocycles. The van der Waals surface area contributed by atoms with Crippen LogP contribution < -0.4 is 27.0 Å². The van der Waals surface area contributed by atoms with Crippen molar-refractivity contribution in [1.82, 2.24) is 26.2 Å². The van der Waals surface area contributed by atoms with E-state index in [2.05, 4.69) is 21.3 Å². The first-order chi connectivity index (χ1) is 19.7. The van der Waals surface area contributed by atoms with E-state index in [9.17, 15) is 28.8 Å². The van der Waals surface area contributed by atoms with Crippen molar-refractivity contribution in [2.75, 3.05) is 19.6 Å². The molecule has 0 bridgehead atoms. The van der Waals surface area contributed by atoms with Crippen LogP contribution in [0.1, 0.15) is 86.5 Å². The molecule has 12 nitrogen and oxygen atoms in total. The average Bonchev–Trinajstić information content (AvgIpc) is 3.20. The van der Waals surface area contributed by atoms with Crippen molar-refractivity contribution in [3.63, 3.8) is 0 Å². The van der Waals surface area contributed by atoms with Gasteiger partial charge in [-0.2, -0.15) is 0 Å². The molecule has 0 aromatic carbocycles. The van der Waals surface area contributed by atoms with Gasteiger partial charge in [0.05, 0.1) is 0 Å². The molecular formula is C30H52N6O6. The number of urea groups is 1. The van der Waals surface area contributed by atoms with Crippen LogP contribution in [-0.4, -0.2) is 72.2 Å². The van der Waals surface area contributed by atoms with Crippen LogP contribution in [0, 0.1) is 35.5 Å². The summed E-state index contributed by atoms with van der Waals surface area (Å²) >= 11 is 0. The van der Waals surface area contributed by atoms with Gasteiger partial charge in [-0.25, -0.2) is 4.79 Å². The van der Waals surface area contributed by atoms with Crippen LogP contribution in [0.4, 0.5) is 4.79 Å². The van der Waals surface area contributed by atoms with E-state index in [-0.39, 0.29) is 72.1 Å². The summed E-state index contributed by atoms with van der Waals surface area (Å²) in [6, 6.07) is -2.31. The molecule has 1 heterocycles. The number of primary amides is 1. The summed E-state index contributed by atoms with van der Waals surface area (Å²) < 4.78 is 0. The third-order valence-corrected chi connectivity index (χ3v) is 8.28. The van der Waals surface area contributed by atoms with Crippen molar-refractivity contribution < 1.29 is 28.8 Å². The standard InChI is InChI=1S/C30H52N6O6/c1-17(2)15-33-27(39)23(8-7-13-32-30(31)42)34-28(40)25(19(5)6)35-26(38)21-11-9-20(10-12-21)16-36-24(37)14-22(18(3)4)29(36)41/h17-23,25H,7-16H2,1-6H3,(H,33,39)(H,34,40)(H,35,38)(H3,31,32,42)/t20?,21?,22?,23-,25-/m0/s1. The molecule has 12 heteroatoms. The highest BCUT2D eigenvalue weighted by molar-refractivity contribution is 6.03. The minimum Gasteiger partial charge on any atom is -0.354 e. The maximum absolute atomic E-state index is 13.3. The van der Waals surface area contributed by atoms with Gasteiger partial charge in [0.15, 0.2) is 0 Å². The Kier molecular flexibility index (Phi) is 13.7. The van der Waals surface area contributed by atoms with Crippen LogP contribution in [0.5, 0.6) is 0 Å². The maximum atomic E-state index is 13.3. The molecule has 1 aliphatic heterocycles.